The molecule has 0 bridgehead atoms. The summed E-state index contributed by atoms with van der Waals surface area (Å²) in [6, 6.07) is 15.2. The third kappa shape index (κ3) is 3.20. The highest BCUT2D eigenvalue weighted by molar-refractivity contribution is 6.27. The normalized spacial score (nSPS) is 11.1. The van der Waals surface area contributed by atoms with Gasteiger partial charge in [-0.3, -0.25) is 14.5 Å². The zero-order chi connectivity index (χ0) is 16.1. The fourth-order valence-corrected chi connectivity index (χ4v) is 2.19. The summed E-state index contributed by atoms with van der Waals surface area (Å²) < 4.78 is 0. The lowest BCUT2D eigenvalue weighted by atomic mass is 10.1. The minimum absolute atomic E-state index is 0.0410. The highest BCUT2D eigenvalue weighted by Gasteiger charge is 2.18. The van der Waals surface area contributed by atoms with Gasteiger partial charge in [-0.05, 0) is 37.1 Å². The molecule has 0 saturated carbocycles. The summed E-state index contributed by atoms with van der Waals surface area (Å²) in [5.74, 6) is -0.953. The Hall–Kier alpha value is -2.95. The molecule has 0 heterocycles. The van der Waals surface area contributed by atoms with Gasteiger partial charge in [0, 0.05) is 0 Å². The van der Waals surface area contributed by atoms with E-state index in [4.69, 9.17) is 5.73 Å². The van der Waals surface area contributed by atoms with Crippen molar-refractivity contribution in [2.45, 2.75) is 13.8 Å². The number of guanidine groups is 1. The van der Waals surface area contributed by atoms with Gasteiger partial charge >= 0.3 is 5.91 Å². The van der Waals surface area contributed by atoms with Crippen LogP contribution in [0.3, 0.4) is 0 Å². The highest BCUT2D eigenvalue weighted by atomic mass is 16.2. The number of para-hydroxylation sites is 2. The Bertz CT molecular complexity index is 693. The van der Waals surface area contributed by atoms with Crippen LogP contribution in [-0.2, 0) is 9.59 Å². The van der Waals surface area contributed by atoms with Crippen LogP contribution in [0.2, 0.25) is 0 Å². The van der Waals surface area contributed by atoms with Crippen LogP contribution < -0.4 is 10.6 Å². The minimum atomic E-state index is -0.912. The first-order valence-electron chi connectivity index (χ1n) is 6.79. The molecule has 0 radical (unpaired) electrons. The number of carbonyl (C=O) groups is 2. The highest BCUT2D eigenvalue weighted by Crippen LogP contribution is 2.30. The van der Waals surface area contributed by atoms with E-state index in [0.29, 0.717) is 0 Å². The van der Waals surface area contributed by atoms with Crippen molar-refractivity contribution >= 4 is 29.5 Å². The van der Waals surface area contributed by atoms with Gasteiger partial charge in [0.05, 0.1) is 11.4 Å². The van der Waals surface area contributed by atoms with E-state index in [-0.39, 0.29) is 12.2 Å². The van der Waals surface area contributed by atoms with Gasteiger partial charge in [-0.2, -0.15) is 4.99 Å². The van der Waals surface area contributed by atoms with Crippen molar-refractivity contribution in [3.05, 3.63) is 59.7 Å². The summed E-state index contributed by atoms with van der Waals surface area (Å²) >= 11 is 0. The largest absolute Gasteiger partial charge is 0.369 e. The van der Waals surface area contributed by atoms with Crippen LogP contribution in [0, 0.1) is 13.8 Å². The van der Waals surface area contributed by atoms with Crippen LogP contribution in [0.4, 0.5) is 11.4 Å². The summed E-state index contributed by atoms with van der Waals surface area (Å²) in [6.07, 6.45) is 0.140. The van der Waals surface area contributed by atoms with E-state index in [1.54, 1.807) is 4.90 Å². The zero-order valence-electron chi connectivity index (χ0n) is 12.5. The van der Waals surface area contributed by atoms with Crippen molar-refractivity contribution in [3.8, 4) is 0 Å². The van der Waals surface area contributed by atoms with Crippen LogP contribution >= 0.6 is 0 Å². The lowest BCUT2D eigenvalue weighted by Crippen LogP contribution is -2.35. The number of hydrogen-bond acceptors (Lipinski definition) is 2. The van der Waals surface area contributed by atoms with Gasteiger partial charge in [0.25, 0.3) is 0 Å². The number of benzene rings is 2. The van der Waals surface area contributed by atoms with Crippen molar-refractivity contribution in [1.82, 2.24) is 0 Å². The summed E-state index contributed by atoms with van der Waals surface area (Å²) in [7, 11) is 0. The Kier molecular flexibility index (Phi) is 4.68. The molecule has 112 valence electrons. The van der Waals surface area contributed by atoms with E-state index in [9.17, 15) is 9.59 Å². The molecule has 1 amide bonds. The maximum atomic E-state index is 11.3. The Morgan fingerprint density at radius 3 is 1.86 bits per heavy atom. The van der Waals surface area contributed by atoms with Crippen molar-refractivity contribution in [1.29, 1.82) is 0 Å². The first-order valence-corrected chi connectivity index (χ1v) is 6.79. The molecule has 0 unspecified atom stereocenters. The molecule has 0 atom stereocenters. The topological polar surface area (TPSA) is 75.8 Å². The SMILES string of the molecule is Cc1ccccc1N(C(N)=NC(=O)C=O)c1ccccc1C. The van der Waals surface area contributed by atoms with Crippen molar-refractivity contribution in [2.24, 2.45) is 10.7 Å². The molecule has 0 saturated heterocycles. The molecular formula is C17H17N3O2. The van der Waals surface area contributed by atoms with E-state index in [1.165, 1.54) is 0 Å². The summed E-state index contributed by atoms with van der Waals surface area (Å²) in [4.78, 5) is 27.2. The monoisotopic (exact) mass is 295 g/mol. The number of aliphatic imine (C=N–C) groups is 1. The molecule has 0 fully saturated rings. The van der Waals surface area contributed by atoms with Gasteiger partial charge < -0.3 is 5.73 Å². The zero-order valence-corrected chi connectivity index (χ0v) is 12.5. The molecular weight excluding hydrogens is 278 g/mol. The molecule has 5 heteroatoms. The van der Waals surface area contributed by atoms with Gasteiger partial charge in [0.1, 0.15) is 0 Å². The predicted molar refractivity (Wildman–Crippen MR) is 87.2 cm³/mol. The van der Waals surface area contributed by atoms with Crippen molar-refractivity contribution < 1.29 is 9.59 Å². The number of rotatable bonds is 3. The van der Waals surface area contributed by atoms with Crippen LogP contribution in [0.5, 0.6) is 0 Å². The summed E-state index contributed by atoms with van der Waals surface area (Å²) in [5.41, 5.74) is 9.55. The Labute approximate surface area is 129 Å². The van der Waals surface area contributed by atoms with Gasteiger partial charge in [0.15, 0.2) is 0 Å². The average Bonchev–Trinajstić information content (AvgIpc) is 2.51. The first-order chi connectivity index (χ1) is 10.5. The molecule has 0 aromatic heterocycles. The minimum Gasteiger partial charge on any atom is -0.369 e. The quantitative estimate of drug-likeness (QED) is 0.408. The Morgan fingerprint density at radius 1 is 1.00 bits per heavy atom. The third-order valence-corrected chi connectivity index (χ3v) is 3.27. The number of aldehydes is 1. The second-order valence-corrected chi connectivity index (χ2v) is 4.83. The number of carbonyl (C=O) groups excluding carboxylic acids is 2. The van der Waals surface area contributed by atoms with E-state index < -0.39 is 5.91 Å². The number of nitrogens with two attached hydrogens (primary N) is 1. The maximum Gasteiger partial charge on any atom is 0.312 e. The Balaban J connectivity index is 2.63. The number of anilines is 2. The molecule has 0 aliphatic heterocycles. The number of aryl methyl sites for hydroxylation is 2. The fourth-order valence-electron chi connectivity index (χ4n) is 2.19. The van der Waals surface area contributed by atoms with Gasteiger partial charge in [0.2, 0.25) is 12.2 Å². The molecule has 0 aliphatic rings. The standard InChI is InChI=1S/C17H17N3O2/c1-12-7-3-5-9-14(12)20(17(18)19-16(22)11-21)15-10-6-4-8-13(15)2/h3-11H,1-2H3,(H2,18,19,22). The maximum absolute atomic E-state index is 11.3. The summed E-state index contributed by atoms with van der Waals surface area (Å²) in [6.45, 7) is 3.88. The fraction of sp³-hybridized carbons (Fsp3) is 0.118. The van der Waals surface area contributed by atoms with Crippen molar-refractivity contribution in [2.75, 3.05) is 4.90 Å². The van der Waals surface area contributed by atoms with E-state index in [2.05, 4.69) is 4.99 Å². The molecule has 2 aromatic carbocycles. The number of hydrogen-bond donors (Lipinski definition) is 1. The smallest absolute Gasteiger partial charge is 0.312 e. The van der Waals surface area contributed by atoms with Crippen LogP contribution in [0.1, 0.15) is 11.1 Å². The van der Waals surface area contributed by atoms with Gasteiger partial charge in [-0.25, -0.2) is 0 Å². The van der Waals surface area contributed by atoms with Crippen LogP contribution in [0.15, 0.2) is 53.5 Å². The molecule has 2 aromatic rings. The van der Waals surface area contributed by atoms with E-state index >= 15 is 0 Å². The van der Waals surface area contributed by atoms with Gasteiger partial charge in [-0.15, -0.1) is 0 Å². The van der Waals surface area contributed by atoms with Crippen LogP contribution in [0.25, 0.3) is 0 Å². The number of amides is 1. The Morgan fingerprint density at radius 2 is 1.45 bits per heavy atom. The molecule has 22 heavy (non-hydrogen) atoms. The summed E-state index contributed by atoms with van der Waals surface area (Å²) in [5, 5.41) is 0. The second kappa shape index (κ2) is 6.67. The lowest BCUT2D eigenvalue weighted by Gasteiger charge is -2.26. The number of nitrogens with zero attached hydrogens (tertiary/aromatic N) is 2. The molecule has 5 nitrogen and oxygen atoms in total. The lowest BCUT2D eigenvalue weighted by molar-refractivity contribution is -0.128. The van der Waals surface area contributed by atoms with Crippen LogP contribution in [-0.4, -0.2) is 18.2 Å². The van der Waals surface area contributed by atoms with Crippen molar-refractivity contribution in [3.63, 3.8) is 0 Å². The third-order valence-electron chi connectivity index (χ3n) is 3.27. The van der Waals surface area contributed by atoms with E-state index in [0.717, 1.165) is 22.5 Å². The van der Waals surface area contributed by atoms with Gasteiger partial charge in [-0.1, -0.05) is 36.4 Å². The average molecular weight is 295 g/mol. The predicted octanol–water partition coefficient (Wildman–Crippen LogP) is 2.48. The molecule has 2 rings (SSSR count). The second-order valence-electron chi connectivity index (χ2n) is 4.83. The molecule has 2 N–H and O–H groups in total. The first kappa shape index (κ1) is 15.4. The molecule has 0 aliphatic carbocycles. The molecule has 0 spiro atoms. The van der Waals surface area contributed by atoms with E-state index in [1.807, 2.05) is 62.4 Å².